The van der Waals surface area contributed by atoms with Crippen molar-refractivity contribution in [1.29, 1.82) is 0 Å². The predicted molar refractivity (Wildman–Crippen MR) is 77.1 cm³/mol. The van der Waals surface area contributed by atoms with Gasteiger partial charge in [-0.2, -0.15) is 0 Å². The van der Waals surface area contributed by atoms with Crippen molar-refractivity contribution in [2.75, 3.05) is 5.32 Å². The highest BCUT2D eigenvalue weighted by Crippen LogP contribution is 2.24. The lowest BCUT2D eigenvalue weighted by molar-refractivity contribution is -0.141. The minimum absolute atomic E-state index is 0.0233. The van der Waals surface area contributed by atoms with E-state index in [4.69, 9.17) is 5.11 Å². The summed E-state index contributed by atoms with van der Waals surface area (Å²) in [6, 6.07) is -0.394. The molecular formula is C13H15BrF2N2O3. The lowest BCUT2D eigenvalue weighted by Gasteiger charge is -2.27. The van der Waals surface area contributed by atoms with Crippen LogP contribution in [0.15, 0.2) is 16.6 Å². The molecule has 0 radical (unpaired) electrons. The van der Waals surface area contributed by atoms with Crippen LogP contribution in [0.2, 0.25) is 0 Å². The first-order valence-corrected chi connectivity index (χ1v) is 6.76. The van der Waals surface area contributed by atoms with Gasteiger partial charge < -0.3 is 15.7 Å². The van der Waals surface area contributed by atoms with E-state index in [1.165, 1.54) is 0 Å². The monoisotopic (exact) mass is 364 g/mol. The van der Waals surface area contributed by atoms with Gasteiger partial charge in [0.1, 0.15) is 17.7 Å². The Bertz CT molecular complexity index is 573. The van der Waals surface area contributed by atoms with E-state index in [0.29, 0.717) is 6.07 Å². The zero-order valence-corrected chi connectivity index (χ0v) is 13.2. The largest absolute Gasteiger partial charge is 0.480 e. The van der Waals surface area contributed by atoms with E-state index < -0.39 is 35.1 Å². The standard InChI is InChI=1S/C13H15BrF2N2O3/c1-13(2,3)10(11(19)20)18-12(21)17-9-4-6(14)7(15)5-8(9)16/h4-5,10H,1-3H3,(H,19,20)(H2,17,18,21). The molecule has 1 atom stereocenters. The molecule has 0 saturated heterocycles. The normalized spacial score (nSPS) is 12.7. The number of anilines is 1. The number of carbonyl (C=O) groups is 2. The quantitative estimate of drug-likeness (QED) is 0.719. The summed E-state index contributed by atoms with van der Waals surface area (Å²) in [6.45, 7) is 4.92. The molecule has 8 heteroatoms. The van der Waals surface area contributed by atoms with Crippen LogP contribution in [0.25, 0.3) is 0 Å². The fraction of sp³-hybridized carbons (Fsp3) is 0.385. The molecule has 5 nitrogen and oxygen atoms in total. The van der Waals surface area contributed by atoms with Crippen molar-refractivity contribution in [3.8, 4) is 0 Å². The van der Waals surface area contributed by atoms with Crippen LogP contribution in [-0.2, 0) is 4.79 Å². The lowest BCUT2D eigenvalue weighted by atomic mass is 9.87. The maximum Gasteiger partial charge on any atom is 0.326 e. The van der Waals surface area contributed by atoms with Gasteiger partial charge in [0.25, 0.3) is 0 Å². The third-order valence-corrected chi connectivity index (χ3v) is 3.25. The van der Waals surface area contributed by atoms with Gasteiger partial charge in [0.15, 0.2) is 0 Å². The lowest BCUT2D eigenvalue weighted by Crippen LogP contribution is -2.50. The number of carboxylic acid groups (broad SMARTS) is 1. The van der Waals surface area contributed by atoms with E-state index in [2.05, 4.69) is 26.6 Å². The summed E-state index contributed by atoms with van der Waals surface area (Å²) in [7, 11) is 0. The third kappa shape index (κ3) is 4.66. The van der Waals surface area contributed by atoms with E-state index in [-0.39, 0.29) is 10.2 Å². The SMILES string of the molecule is CC(C)(C)C(NC(=O)Nc1cc(Br)c(F)cc1F)C(=O)O. The van der Waals surface area contributed by atoms with Crippen LogP contribution in [0.1, 0.15) is 20.8 Å². The Hall–Kier alpha value is -1.70. The van der Waals surface area contributed by atoms with Crippen LogP contribution in [0.5, 0.6) is 0 Å². The Balaban J connectivity index is 2.87. The van der Waals surface area contributed by atoms with Crippen molar-refractivity contribution in [3.63, 3.8) is 0 Å². The molecule has 0 aromatic heterocycles. The zero-order valence-electron chi connectivity index (χ0n) is 11.6. The molecule has 2 amide bonds. The summed E-state index contributed by atoms with van der Waals surface area (Å²) in [5, 5.41) is 13.5. The van der Waals surface area contributed by atoms with Gasteiger partial charge in [-0.15, -0.1) is 0 Å². The second kappa shape index (κ2) is 6.38. The second-order valence-electron chi connectivity index (χ2n) is 5.48. The number of halogens is 3. The number of nitrogens with one attached hydrogen (secondary N) is 2. The van der Waals surface area contributed by atoms with E-state index >= 15 is 0 Å². The number of hydrogen-bond donors (Lipinski definition) is 3. The minimum atomic E-state index is -1.21. The third-order valence-electron chi connectivity index (χ3n) is 2.65. The topological polar surface area (TPSA) is 78.4 Å². The zero-order chi connectivity index (χ0) is 16.4. The summed E-state index contributed by atoms with van der Waals surface area (Å²) in [4.78, 5) is 22.9. The van der Waals surface area contributed by atoms with E-state index in [1.807, 2.05) is 0 Å². The van der Waals surface area contributed by atoms with E-state index in [9.17, 15) is 18.4 Å². The Morgan fingerprint density at radius 1 is 1.24 bits per heavy atom. The number of carbonyl (C=O) groups excluding carboxylic acids is 1. The average Bonchev–Trinajstić information content (AvgIpc) is 2.31. The molecule has 0 aliphatic carbocycles. The molecule has 0 fully saturated rings. The van der Waals surface area contributed by atoms with Crippen LogP contribution >= 0.6 is 15.9 Å². The number of carboxylic acids is 1. The number of aliphatic carboxylic acids is 1. The molecule has 0 heterocycles. The van der Waals surface area contributed by atoms with Crippen molar-refractivity contribution >= 4 is 33.6 Å². The van der Waals surface area contributed by atoms with Gasteiger partial charge in [-0.3, -0.25) is 0 Å². The predicted octanol–water partition coefficient (Wildman–Crippen LogP) is 3.35. The molecule has 1 aromatic carbocycles. The van der Waals surface area contributed by atoms with Crippen LogP contribution in [0, 0.1) is 17.0 Å². The smallest absolute Gasteiger partial charge is 0.326 e. The maximum absolute atomic E-state index is 13.5. The number of rotatable bonds is 3. The minimum Gasteiger partial charge on any atom is -0.480 e. The van der Waals surface area contributed by atoms with Gasteiger partial charge in [-0.1, -0.05) is 20.8 Å². The van der Waals surface area contributed by atoms with Crippen LogP contribution in [0.3, 0.4) is 0 Å². The van der Waals surface area contributed by atoms with Crippen LogP contribution < -0.4 is 10.6 Å². The van der Waals surface area contributed by atoms with E-state index in [1.54, 1.807) is 20.8 Å². The number of amides is 2. The molecule has 1 unspecified atom stereocenters. The first-order valence-electron chi connectivity index (χ1n) is 5.97. The molecule has 0 aliphatic heterocycles. The molecule has 0 saturated carbocycles. The average molecular weight is 365 g/mol. The second-order valence-corrected chi connectivity index (χ2v) is 6.34. The summed E-state index contributed by atoms with van der Waals surface area (Å²) in [5.74, 6) is -2.98. The van der Waals surface area contributed by atoms with E-state index in [0.717, 1.165) is 6.07 Å². The number of benzene rings is 1. The molecule has 0 aliphatic rings. The van der Waals surface area contributed by atoms with Gasteiger partial charge in [0.05, 0.1) is 10.2 Å². The molecule has 116 valence electrons. The first-order chi connectivity index (χ1) is 9.52. The van der Waals surface area contributed by atoms with Crippen molar-refractivity contribution in [1.82, 2.24) is 5.32 Å². The fourth-order valence-corrected chi connectivity index (χ4v) is 1.90. The Morgan fingerprint density at radius 3 is 2.29 bits per heavy atom. The van der Waals surface area contributed by atoms with Crippen molar-refractivity contribution < 1.29 is 23.5 Å². The maximum atomic E-state index is 13.5. The highest BCUT2D eigenvalue weighted by atomic mass is 79.9. The summed E-state index contributed by atoms with van der Waals surface area (Å²) in [5.41, 5.74) is -0.996. The Morgan fingerprint density at radius 2 is 1.81 bits per heavy atom. The highest BCUT2D eigenvalue weighted by molar-refractivity contribution is 9.10. The van der Waals surface area contributed by atoms with Crippen LogP contribution in [-0.4, -0.2) is 23.1 Å². The molecule has 0 bridgehead atoms. The molecule has 3 N–H and O–H groups in total. The highest BCUT2D eigenvalue weighted by Gasteiger charge is 2.32. The van der Waals surface area contributed by atoms with Crippen molar-refractivity contribution in [2.24, 2.45) is 5.41 Å². The van der Waals surface area contributed by atoms with Gasteiger partial charge in [-0.05, 0) is 27.4 Å². The fourth-order valence-electron chi connectivity index (χ4n) is 1.56. The number of hydrogen-bond acceptors (Lipinski definition) is 2. The Labute approximate surface area is 128 Å². The molecule has 1 rings (SSSR count). The van der Waals surface area contributed by atoms with Gasteiger partial charge in [0.2, 0.25) is 0 Å². The van der Waals surface area contributed by atoms with Crippen molar-refractivity contribution in [3.05, 3.63) is 28.2 Å². The Kier molecular flexibility index (Phi) is 5.27. The summed E-state index contributed by atoms with van der Waals surface area (Å²) in [6.07, 6.45) is 0. The molecular weight excluding hydrogens is 350 g/mol. The molecule has 1 aromatic rings. The molecule has 0 spiro atoms. The van der Waals surface area contributed by atoms with Crippen LogP contribution in [0.4, 0.5) is 19.3 Å². The van der Waals surface area contributed by atoms with Gasteiger partial charge in [0, 0.05) is 6.07 Å². The van der Waals surface area contributed by atoms with Crippen molar-refractivity contribution in [2.45, 2.75) is 26.8 Å². The summed E-state index contributed by atoms with van der Waals surface area (Å²) < 4.78 is 26.6. The first kappa shape index (κ1) is 17.4. The van der Waals surface area contributed by atoms with Gasteiger partial charge in [-0.25, -0.2) is 18.4 Å². The number of urea groups is 1. The molecule has 21 heavy (non-hydrogen) atoms. The van der Waals surface area contributed by atoms with Gasteiger partial charge >= 0.3 is 12.0 Å². The summed E-state index contributed by atoms with van der Waals surface area (Å²) >= 11 is 2.87.